The maximum absolute atomic E-state index is 13.7. The van der Waals surface area contributed by atoms with Crippen molar-refractivity contribution in [3.8, 4) is 0 Å². The van der Waals surface area contributed by atoms with Gasteiger partial charge in [-0.1, -0.05) is 48.5 Å². The summed E-state index contributed by atoms with van der Waals surface area (Å²) >= 11 is 0. The zero-order valence-electron chi connectivity index (χ0n) is 25.5. The van der Waals surface area contributed by atoms with E-state index in [1.54, 1.807) is 13.1 Å². The number of benzene rings is 2. The molecule has 5 N–H and O–H groups in total. The second-order valence-corrected chi connectivity index (χ2v) is 11.6. The third-order valence-electron chi connectivity index (χ3n) is 8.39. The van der Waals surface area contributed by atoms with Gasteiger partial charge in [-0.15, -0.1) is 0 Å². The second kappa shape index (κ2) is 14.4. The van der Waals surface area contributed by atoms with Crippen LogP contribution in [0.5, 0.6) is 0 Å². The molecule has 12 nitrogen and oxygen atoms in total. The van der Waals surface area contributed by atoms with E-state index in [4.69, 9.17) is 4.74 Å². The Morgan fingerprint density at radius 1 is 0.844 bits per heavy atom. The Bertz CT molecular complexity index is 1530. The number of carbonyl (C=O) groups excluding carboxylic acids is 5. The van der Waals surface area contributed by atoms with E-state index in [1.807, 2.05) is 54.6 Å². The Morgan fingerprint density at radius 2 is 1.56 bits per heavy atom. The van der Waals surface area contributed by atoms with Crippen molar-refractivity contribution in [2.24, 2.45) is 0 Å². The molecule has 2 fully saturated rings. The van der Waals surface area contributed by atoms with Gasteiger partial charge in [0, 0.05) is 49.6 Å². The molecule has 2 aliphatic heterocycles. The molecule has 12 heteroatoms. The SMILES string of the molecule is C[C@@H]1NC(=O)[C@@H](Cc2c[nH]c3ccccc23)NC(=O)[C@@H](C)N(C(=O)[C@H]2CCCO2)CCNC(=O)[C@H](Cc2ccccc2)NC1=O. The van der Waals surface area contributed by atoms with E-state index in [0.717, 1.165) is 28.5 Å². The molecule has 1 aromatic heterocycles. The van der Waals surface area contributed by atoms with Crippen LogP contribution in [0, 0.1) is 0 Å². The van der Waals surface area contributed by atoms with Gasteiger partial charge >= 0.3 is 0 Å². The molecule has 3 aromatic rings. The molecule has 238 valence electrons. The molecule has 5 atom stereocenters. The number of ether oxygens (including phenoxy) is 1. The van der Waals surface area contributed by atoms with E-state index >= 15 is 0 Å². The first-order valence-corrected chi connectivity index (χ1v) is 15.4. The Hall–Kier alpha value is -4.71. The van der Waals surface area contributed by atoms with Gasteiger partial charge in [-0.2, -0.15) is 0 Å². The fourth-order valence-corrected chi connectivity index (χ4v) is 5.77. The molecule has 5 rings (SSSR count). The normalized spacial score (nSPS) is 25.5. The predicted octanol–water partition coefficient (Wildman–Crippen LogP) is 0.953. The molecule has 2 aromatic carbocycles. The summed E-state index contributed by atoms with van der Waals surface area (Å²) in [5.74, 6) is -2.45. The minimum Gasteiger partial charge on any atom is -0.368 e. The fraction of sp³-hybridized carbons (Fsp3) is 0.424. The van der Waals surface area contributed by atoms with Crippen LogP contribution < -0.4 is 21.3 Å². The van der Waals surface area contributed by atoms with Crippen LogP contribution in [0.25, 0.3) is 10.9 Å². The quantitative estimate of drug-likeness (QED) is 0.287. The summed E-state index contributed by atoms with van der Waals surface area (Å²) in [6.07, 6.45) is 2.72. The second-order valence-electron chi connectivity index (χ2n) is 11.6. The number of carbonyl (C=O) groups is 5. The Balaban J connectivity index is 1.44. The average Bonchev–Trinajstić information content (AvgIpc) is 3.73. The molecule has 0 bridgehead atoms. The van der Waals surface area contributed by atoms with Crippen molar-refractivity contribution in [3.63, 3.8) is 0 Å². The van der Waals surface area contributed by atoms with E-state index in [2.05, 4.69) is 26.3 Å². The molecule has 5 amide bonds. The summed E-state index contributed by atoms with van der Waals surface area (Å²) < 4.78 is 5.63. The molecule has 2 aliphatic rings. The van der Waals surface area contributed by atoms with Crippen LogP contribution in [-0.4, -0.2) is 89.4 Å². The third-order valence-corrected chi connectivity index (χ3v) is 8.39. The first kappa shape index (κ1) is 31.7. The standard InChI is InChI=1S/C33H40N6O6/c1-20-29(40)37-26(17-22-9-4-3-5-10-22)31(42)34-14-15-39(33(44)28-13-8-16-45-28)21(2)30(41)38-27(32(43)36-20)18-23-19-35-25-12-7-6-11-24(23)25/h3-7,9-12,19-21,26-28,35H,8,13-18H2,1-2H3,(H,34,42)(H,36,43)(H,37,40)(H,38,41)/t20-,21+,26-,27+,28+/m0/s1. The number of aromatic nitrogens is 1. The van der Waals surface area contributed by atoms with Crippen LogP contribution in [0.15, 0.2) is 60.8 Å². The van der Waals surface area contributed by atoms with Crippen molar-refractivity contribution < 1.29 is 28.7 Å². The van der Waals surface area contributed by atoms with Gasteiger partial charge in [0.1, 0.15) is 30.3 Å². The Kier molecular flexibility index (Phi) is 10.1. The van der Waals surface area contributed by atoms with Crippen molar-refractivity contribution in [1.29, 1.82) is 0 Å². The van der Waals surface area contributed by atoms with Crippen LogP contribution in [0.1, 0.15) is 37.8 Å². The maximum Gasteiger partial charge on any atom is 0.252 e. The van der Waals surface area contributed by atoms with Gasteiger partial charge in [-0.05, 0) is 43.9 Å². The van der Waals surface area contributed by atoms with Crippen LogP contribution in [-0.2, 0) is 41.6 Å². The molecule has 0 aliphatic carbocycles. The number of H-pyrrole nitrogens is 1. The van der Waals surface area contributed by atoms with Gasteiger partial charge in [-0.3, -0.25) is 24.0 Å². The Labute approximate surface area is 261 Å². The predicted molar refractivity (Wildman–Crippen MR) is 167 cm³/mol. The van der Waals surface area contributed by atoms with Crippen molar-refractivity contribution in [3.05, 3.63) is 71.9 Å². The minimum absolute atomic E-state index is 0.0285. The molecule has 0 radical (unpaired) electrons. The molecule has 0 saturated carbocycles. The summed E-state index contributed by atoms with van der Waals surface area (Å²) in [6, 6.07) is 12.9. The third kappa shape index (κ3) is 7.69. The van der Waals surface area contributed by atoms with Gasteiger partial charge in [-0.25, -0.2) is 0 Å². The molecule has 0 unspecified atom stereocenters. The minimum atomic E-state index is -1.06. The van der Waals surface area contributed by atoms with Gasteiger partial charge in [0.15, 0.2) is 0 Å². The van der Waals surface area contributed by atoms with Gasteiger partial charge in [0.05, 0.1) is 0 Å². The Morgan fingerprint density at radius 3 is 2.31 bits per heavy atom. The number of aromatic amines is 1. The first-order valence-electron chi connectivity index (χ1n) is 15.4. The van der Waals surface area contributed by atoms with Crippen molar-refractivity contribution in [2.45, 2.75) is 69.8 Å². The molecule has 0 spiro atoms. The summed E-state index contributed by atoms with van der Waals surface area (Å²) in [6.45, 7) is 3.64. The smallest absolute Gasteiger partial charge is 0.252 e. The topological polar surface area (TPSA) is 162 Å². The number of nitrogens with zero attached hydrogens (tertiary/aromatic N) is 1. The summed E-state index contributed by atoms with van der Waals surface area (Å²) in [7, 11) is 0. The number of rotatable bonds is 5. The van der Waals surface area contributed by atoms with Crippen LogP contribution >= 0.6 is 0 Å². The fourth-order valence-electron chi connectivity index (χ4n) is 5.77. The van der Waals surface area contributed by atoms with Gasteiger partial charge in [0.2, 0.25) is 23.6 Å². The molecule has 45 heavy (non-hydrogen) atoms. The molecule has 3 heterocycles. The zero-order chi connectivity index (χ0) is 31.9. The van der Waals surface area contributed by atoms with E-state index in [0.29, 0.717) is 13.0 Å². The lowest BCUT2D eigenvalue weighted by molar-refractivity contribution is -0.147. The van der Waals surface area contributed by atoms with Gasteiger partial charge < -0.3 is 35.9 Å². The van der Waals surface area contributed by atoms with Crippen LogP contribution in [0.3, 0.4) is 0 Å². The van der Waals surface area contributed by atoms with E-state index in [9.17, 15) is 24.0 Å². The highest BCUT2D eigenvalue weighted by molar-refractivity contribution is 5.96. The van der Waals surface area contributed by atoms with Crippen LogP contribution in [0.4, 0.5) is 0 Å². The largest absolute Gasteiger partial charge is 0.368 e. The average molecular weight is 617 g/mol. The lowest BCUT2D eigenvalue weighted by atomic mass is 10.0. The molecular formula is C33H40N6O6. The van der Waals surface area contributed by atoms with Crippen LogP contribution in [0.2, 0.25) is 0 Å². The van der Waals surface area contributed by atoms with Crippen molar-refractivity contribution in [1.82, 2.24) is 31.2 Å². The molecular weight excluding hydrogens is 576 g/mol. The number of amides is 5. The maximum atomic E-state index is 13.7. The van der Waals surface area contributed by atoms with E-state index in [1.165, 1.54) is 11.8 Å². The van der Waals surface area contributed by atoms with E-state index in [-0.39, 0.29) is 31.8 Å². The molecule has 2 saturated heterocycles. The number of hydrogen-bond acceptors (Lipinski definition) is 6. The highest BCUT2D eigenvalue weighted by Gasteiger charge is 2.36. The summed E-state index contributed by atoms with van der Waals surface area (Å²) in [5.41, 5.74) is 2.52. The highest BCUT2D eigenvalue weighted by atomic mass is 16.5. The summed E-state index contributed by atoms with van der Waals surface area (Å²) in [4.78, 5) is 72.1. The van der Waals surface area contributed by atoms with Gasteiger partial charge in [0.25, 0.3) is 5.91 Å². The monoisotopic (exact) mass is 616 g/mol. The van der Waals surface area contributed by atoms with Crippen molar-refractivity contribution >= 4 is 40.4 Å². The van der Waals surface area contributed by atoms with Crippen molar-refractivity contribution in [2.75, 3.05) is 19.7 Å². The number of para-hydroxylation sites is 1. The lowest BCUT2D eigenvalue weighted by Gasteiger charge is -2.31. The lowest BCUT2D eigenvalue weighted by Crippen LogP contribution is -2.58. The number of fused-ring (bicyclic) bond motifs is 1. The number of nitrogens with one attached hydrogen (secondary N) is 5. The summed E-state index contributed by atoms with van der Waals surface area (Å²) in [5, 5.41) is 12.0. The first-order chi connectivity index (χ1) is 21.7. The van der Waals surface area contributed by atoms with E-state index < -0.39 is 53.9 Å². The zero-order valence-corrected chi connectivity index (χ0v) is 25.5. The highest BCUT2D eigenvalue weighted by Crippen LogP contribution is 2.20. The number of hydrogen-bond donors (Lipinski definition) is 5.